The largest absolute Gasteiger partial charge is 0.343 e. The maximum absolute atomic E-state index is 11.3. The second-order valence-electron chi connectivity index (χ2n) is 2.58. The average Bonchev–Trinajstić information content (AvgIpc) is 2.05. The molecule has 1 atom stereocenters. The molecule has 11 heavy (non-hydrogen) atoms. The summed E-state index contributed by atoms with van der Waals surface area (Å²) in [6, 6.07) is 0. The van der Waals surface area contributed by atoms with E-state index in [1.807, 2.05) is 13.8 Å². The van der Waals surface area contributed by atoms with Crippen LogP contribution in [0.15, 0.2) is 0 Å². The van der Waals surface area contributed by atoms with Crippen molar-refractivity contribution in [1.29, 1.82) is 0 Å². The van der Waals surface area contributed by atoms with E-state index in [-0.39, 0.29) is 18.4 Å². The van der Waals surface area contributed by atoms with Crippen molar-refractivity contribution in [3.05, 3.63) is 0 Å². The van der Waals surface area contributed by atoms with E-state index >= 15 is 0 Å². The first-order valence-corrected chi connectivity index (χ1v) is 4.04. The maximum atomic E-state index is 11.3. The molecule has 0 saturated heterocycles. The zero-order valence-corrected chi connectivity index (χ0v) is 7.46. The molecule has 0 aliphatic heterocycles. The van der Waals surface area contributed by atoms with Crippen molar-refractivity contribution in [2.45, 2.75) is 20.8 Å². The molecule has 0 fully saturated rings. The Labute approximate surface area is 68.0 Å². The smallest absolute Gasteiger partial charge is 0.227 e. The van der Waals surface area contributed by atoms with Crippen LogP contribution in [0.25, 0.3) is 0 Å². The number of amides is 1. The van der Waals surface area contributed by atoms with Crippen LogP contribution in [0.1, 0.15) is 20.8 Å². The quantitative estimate of drug-likeness (QED) is 0.599. The van der Waals surface area contributed by atoms with Crippen LogP contribution in [0.4, 0.5) is 0 Å². The van der Waals surface area contributed by atoms with Crippen LogP contribution < -0.4 is 0 Å². The Balaban J connectivity index is 3.97. The summed E-state index contributed by atoms with van der Waals surface area (Å²) in [5, 5.41) is 10.4. The molecule has 0 N–H and O–H groups in total. The van der Waals surface area contributed by atoms with Gasteiger partial charge in [0, 0.05) is 13.1 Å². The van der Waals surface area contributed by atoms with Gasteiger partial charge in [0.2, 0.25) is 5.91 Å². The summed E-state index contributed by atoms with van der Waals surface area (Å²) in [6.45, 7) is 6.58. The Kier molecular flexibility index (Phi) is 4.86. The molecule has 65 valence electrons. The molecule has 0 aromatic heterocycles. The van der Waals surface area contributed by atoms with Crippen molar-refractivity contribution in [1.82, 2.24) is 4.90 Å². The lowest BCUT2D eigenvalue weighted by Gasteiger charge is -2.21. The lowest BCUT2D eigenvalue weighted by Crippen LogP contribution is -2.35. The zero-order valence-electron chi connectivity index (χ0n) is 7.46. The van der Waals surface area contributed by atoms with Crippen LogP contribution >= 0.6 is 0 Å². The summed E-state index contributed by atoms with van der Waals surface area (Å²) >= 11 is 0. The first-order valence-electron chi connectivity index (χ1n) is 4.04. The monoisotopic (exact) mass is 158 g/mol. The second-order valence-corrected chi connectivity index (χ2v) is 2.58. The van der Waals surface area contributed by atoms with Gasteiger partial charge in [0.25, 0.3) is 0 Å². The van der Waals surface area contributed by atoms with Crippen LogP contribution in [-0.4, -0.2) is 30.5 Å². The fraction of sp³-hybridized carbons (Fsp3) is 0.875. The van der Waals surface area contributed by atoms with Gasteiger partial charge in [-0.2, -0.15) is 0 Å². The van der Waals surface area contributed by atoms with Crippen LogP contribution in [0.2, 0.25) is 0 Å². The van der Waals surface area contributed by atoms with Crippen LogP contribution in [0, 0.1) is 5.92 Å². The molecule has 1 amide bonds. The fourth-order valence-electron chi connectivity index (χ4n) is 0.918. The van der Waals surface area contributed by atoms with Gasteiger partial charge < -0.3 is 4.90 Å². The summed E-state index contributed by atoms with van der Waals surface area (Å²) in [6.07, 6.45) is 0. The molecule has 0 aromatic carbocycles. The van der Waals surface area contributed by atoms with Crippen molar-refractivity contribution in [2.75, 3.05) is 19.7 Å². The molecule has 0 spiro atoms. The van der Waals surface area contributed by atoms with E-state index in [0.717, 1.165) is 0 Å². The number of hydrogen-bond donors (Lipinski definition) is 0. The van der Waals surface area contributed by atoms with Gasteiger partial charge in [0.1, 0.15) is 0 Å². The highest BCUT2D eigenvalue weighted by Gasteiger charge is 2.16. The lowest BCUT2D eigenvalue weighted by molar-refractivity contribution is -0.136. The van der Waals surface area contributed by atoms with E-state index in [1.165, 1.54) is 0 Å². The van der Waals surface area contributed by atoms with Gasteiger partial charge in [-0.25, -0.2) is 5.11 Å². The predicted octanol–water partition coefficient (Wildman–Crippen LogP) is 0.921. The van der Waals surface area contributed by atoms with Crippen molar-refractivity contribution in [3.8, 4) is 0 Å². The standard InChI is InChI=1S/C8H16NO2/c1-4-9(5-2)8(11)7(3)6-10/h7H,4-6H2,1-3H3. The molecule has 1 radical (unpaired) electrons. The predicted molar refractivity (Wildman–Crippen MR) is 42.6 cm³/mol. The van der Waals surface area contributed by atoms with Crippen molar-refractivity contribution in [3.63, 3.8) is 0 Å². The van der Waals surface area contributed by atoms with E-state index in [4.69, 9.17) is 0 Å². The van der Waals surface area contributed by atoms with E-state index in [9.17, 15) is 9.90 Å². The van der Waals surface area contributed by atoms with Gasteiger partial charge in [0.15, 0.2) is 0 Å². The molecule has 0 saturated carbocycles. The first-order chi connectivity index (χ1) is 5.17. The summed E-state index contributed by atoms with van der Waals surface area (Å²) < 4.78 is 0. The number of rotatable bonds is 4. The summed E-state index contributed by atoms with van der Waals surface area (Å²) in [5.41, 5.74) is 0. The highest BCUT2D eigenvalue weighted by molar-refractivity contribution is 5.78. The van der Waals surface area contributed by atoms with E-state index in [2.05, 4.69) is 0 Å². The minimum Gasteiger partial charge on any atom is -0.343 e. The molecular formula is C8H16NO2. The number of hydrogen-bond acceptors (Lipinski definition) is 1. The van der Waals surface area contributed by atoms with Crippen LogP contribution in [-0.2, 0) is 9.90 Å². The third kappa shape index (κ3) is 2.89. The highest BCUT2D eigenvalue weighted by atomic mass is 16.3. The number of nitrogens with zero attached hydrogens (tertiary/aromatic N) is 1. The Morgan fingerprint density at radius 1 is 1.36 bits per heavy atom. The molecule has 0 aliphatic rings. The van der Waals surface area contributed by atoms with Crippen molar-refractivity contribution < 1.29 is 9.90 Å². The van der Waals surface area contributed by atoms with Crippen LogP contribution in [0.3, 0.4) is 0 Å². The van der Waals surface area contributed by atoms with Crippen LogP contribution in [0.5, 0.6) is 0 Å². The Morgan fingerprint density at radius 3 is 2.09 bits per heavy atom. The molecule has 0 bridgehead atoms. The summed E-state index contributed by atoms with van der Waals surface area (Å²) in [5.74, 6) is -0.389. The average molecular weight is 158 g/mol. The molecule has 0 heterocycles. The Bertz CT molecular complexity index is 121. The van der Waals surface area contributed by atoms with Gasteiger partial charge in [0.05, 0.1) is 12.5 Å². The van der Waals surface area contributed by atoms with Gasteiger partial charge in [-0.1, -0.05) is 6.92 Å². The molecule has 0 aliphatic carbocycles. The molecule has 3 nitrogen and oxygen atoms in total. The third-order valence-corrected chi connectivity index (χ3v) is 1.75. The molecular weight excluding hydrogens is 142 g/mol. The molecule has 3 heteroatoms. The Morgan fingerprint density at radius 2 is 1.82 bits per heavy atom. The lowest BCUT2D eigenvalue weighted by atomic mass is 10.1. The summed E-state index contributed by atoms with van der Waals surface area (Å²) in [7, 11) is 0. The number of carbonyl (C=O) groups is 1. The van der Waals surface area contributed by atoms with Gasteiger partial charge in [-0.05, 0) is 13.8 Å². The van der Waals surface area contributed by atoms with E-state index in [0.29, 0.717) is 13.1 Å². The fourth-order valence-corrected chi connectivity index (χ4v) is 0.918. The minimum absolute atomic E-state index is 0.0231. The topological polar surface area (TPSA) is 40.2 Å². The van der Waals surface area contributed by atoms with Crippen molar-refractivity contribution in [2.24, 2.45) is 5.92 Å². The molecule has 0 aromatic rings. The highest BCUT2D eigenvalue weighted by Crippen LogP contribution is 2.00. The molecule has 0 rings (SSSR count). The normalized spacial score (nSPS) is 12.7. The van der Waals surface area contributed by atoms with Gasteiger partial charge >= 0.3 is 0 Å². The van der Waals surface area contributed by atoms with Gasteiger partial charge in [-0.3, -0.25) is 4.79 Å². The number of carbonyl (C=O) groups excluding carboxylic acids is 1. The van der Waals surface area contributed by atoms with Gasteiger partial charge in [-0.15, -0.1) is 0 Å². The van der Waals surface area contributed by atoms with E-state index < -0.39 is 0 Å². The zero-order chi connectivity index (χ0) is 8.85. The minimum atomic E-state index is -0.366. The van der Waals surface area contributed by atoms with Crippen molar-refractivity contribution >= 4 is 5.91 Å². The second kappa shape index (κ2) is 5.13. The maximum Gasteiger partial charge on any atom is 0.227 e. The van der Waals surface area contributed by atoms with E-state index in [1.54, 1.807) is 11.8 Å². The Hall–Kier alpha value is -0.570. The molecule has 1 unspecified atom stereocenters. The SMILES string of the molecule is CCN(CC)C(=O)C(C)C[O]. The summed E-state index contributed by atoms with van der Waals surface area (Å²) in [4.78, 5) is 12.9. The third-order valence-electron chi connectivity index (χ3n) is 1.75. The first kappa shape index (κ1) is 10.4.